The number of alkyl halides is 2. The number of nitrogens with two attached hydrogens (primary N) is 1. The Labute approximate surface area is 118 Å². The van der Waals surface area contributed by atoms with Crippen molar-refractivity contribution in [1.29, 1.82) is 0 Å². The van der Waals surface area contributed by atoms with Crippen molar-refractivity contribution >= 4 is 5.96 Å². The third kappa shape index (κ3) is 5.86. The lowest BCUT2D eigenvalue weighted by molar-refractivity contribution is -0.0504. The minimum atomic E-state index is -2.86. The maximum absolute atomic E-state index is 12.3. The first-order valence-electron chi connectivity index (χ1n) is 6.30. The number of guanidine groups is 1. The Kier molecular flexibility index (Phi) is 5.30. The van der Waals surface area contributed by atoms with Crippen LogP contribution in [0.2, 0.25) is 0 Å². The van der Waals surface area contributed by atoms with Crippen LogP contribution in [0, 0.1) is 6.92 Å². The zero-order valence-electron chi connectivity index (χ0n) is 12.2. The highest BCUT2D eigenvalue weighted by molar-refractivity contribution is 5.78. The summed E-state index contributed by atoms with van der Waals surface area (Å²) in [5.41, 5.74) is 7.06. The number of rotatable bonds is 4. The second kappa shape index (κ2) is 6.54. The topological polar surface area (TPSA) is 59.6 Å². The van der Waals surface area contributed by atoms with Crippen molar-refractivity contribution < 1.29 is 13.5 Å². The number of hydrogen-bond acceptors (Lipinski definition) is 2. The van der Waals surface area contributed by atoms with Crippen LogP contribution in [0.5, 0.6) is 5.75 Å². The van der Waals surface area contributed by atoms with Gasteiger partial charge in [-0.05, 0) is 33.8 Å². The van der Waals surface area contributed by atoms with E-state index in [1.807, 2.05) is 27.7 Å². The van der Waals surface area contributed by atoms with E-state index in [1.165, 1.54) is 6.07 Å². The molecule has 0 amide bonds. The first-order chi connectivity index (χ1) is 9.17. The summed E-state index contributed by atoms with van der Waals surface area (Å²) < 4.78 is 29.1. The molecule has 1 rings (SSSR count). The fourth-order valence-corrected chi connectivity index (χ4v) is 1.64. The number of ether oxygens (including phenoxy) is 1. The zero-order valence-corrected chi connectivity index (χ0v) is 12.2. The summed E-state index contributed by atoms with van der Waals surface area (Å²) in [6, 6.07) is 4.98. The number of nitrogens with one attached hydrogen (secondary N) is 1. The molecule has 0 bridgehead atoms. The van der Waals surface area contributed by atoms with Gasteiger partial charge in [-0.25, -0.2) is 4.99 Å². The van der Waals surface area contributed by atoms with Gasteiger partial charge in [0.05, 0.1) is 6.54 Å². The molecule has 1 aromatic carbocycles. The summed E-state index contributed by atoms with van der Waals surface area (Å²) in [6.07, 6.45) is 0. The Morgan fingerprint density at radius 1 is 1.40 bits per heavy atom. The quantitative estimate of drug-likeness (QED) is 0.660. The van der Waals surface area contributed by atoms with Gasteiger partial charge in [-0.2, -0.15) is 8.78 Å². The Hall–Kier alpha value is -1.85. The monoisotopic (exact) mass is 285 g/mol. The van der Waals surface area contributed by atoms with Gasteiger partial charge in [0.2, 0.25) is 0 Å². The minimum Gasteiger partial charge on any atom is -0.434 e. The van der Waals surface area contributed by atoms with Gasteiger partial charge in [-0.1, -0.05) is 17.7 Å². The van der Waals surface area contributed by atoms with E-state index >= 15 is 0 Å². The molecule has 0 radical (unpaired) electrons. The predicted molar refractivity (Wildman–Crippen MR) is 76.0 cm³/mol. The minimum absolute atomic E-state index is 0.123. The summed E-state index contributed by atoms with van der Waals surface area (Å²) >= 11 is 0. The normalized spacial score (nSPS) is 12.7. The summed E-state index contributed by atoms with van der Waals surface area (Å²) in [7, 11) is 0. The van der Waals surface area contributed by atoms with E-state index < -0.39 is 6.61 Å². The average molecular weight is 285 g/mol. The lowest BCUT2D eigenvalue weighted by Gasteiger charge is -2.21. The largest absolute Gasteiger partial charge is 0.434 e. The highest BCUT2D eigenvalue weighted by Gasteiger charge is 2.12. The van der Waals surface area contributed by atoms with Gasteiger partial charge >= 0.3 is 6.61 Å². The lowest BCUT2D eigenvalue weighted by Crippen LogP contribution is -2.44. The van der Waals surface area contributed by atoms with E-state index in [2.05, 4.69) is 15.0 Å². The molecule has 0 atom stereocenters. The Morgan fingerprint density at radius 2 is 2.05 bits per heavy atom. The molecule has 0 spiro atoms. The molecular weight excluding hydrogens is 264 g/mol. The molecule has 0 aliphatic rings. The van der Waals surface area contributed by atoms with Crippen LogP contribution in [0.1, 0.15) is 31.9 Å². The van der Waals surface area contributed by atoms with Crippen molar-refractivity contribution in [3.63, 3.8) is 0 Å². The Bertz CT molecular complexity index is 482. The summed E-state index contributed by atoms with van der Waals surface area (Å²) in [5.74, 6) is 0.389. The van der Waals surface area contributed by atoms with E-state index in [0.29, 0.717) is 5.56 Å². The highest BCUT2D eigenvalue weighted by atomic mass is 19.3. The van der Waals surface area contributed by atoms with Crippen LogP contribution in [0.4, 0.5) is 8.78 Å². The van der Waals surface area contributed by atoms with Crippen molar-refractivity contribution in [1.82, 2.24) is 5.32 Å². The van der Waals surface area contributed by atoms with Gasteiger partial charge in [-0.15, -0.1) is 0 Å². The molecule has 0 saturated heterocycles. The lowest BCUT2D eigenvalue weighted by atomic mass is 10.1. The molecule has 0 saturated carbocycles. The molecule has 20 heavy (non-hydrogen) atoms. The van der Waals surface area contributed by atoms with Gasteiger partial charge in [0.1, 0.15) is 5.75 Å². The third-order valence-electron chi connectivity index (χ3n) is 2.35. The molecular formula is C14H21F2N3O. The van der Waals surface area contributed by atoms with Crippen LogP contribution >= 0.6 is 0 Å². The van der Waals surface area contributed by atoms with Gasteiger partial charge in [0.25, 0.3) is 0 Å². The number of hydrogen-bond donors (Lipinski definition) is 2. The van der Waals surface area contributed by atoms with Gasteiger partial charge in [0, 0.05) is 11.1 Å². The van der Waals surface area contributed by atoms with E-state index in [4.69, 9.17) is 5.73 Å². The van der Waals surface area contributed by atoms with Crippen LogP contribution in [-0.2, 0) is 6.54 Å². The third-order valence-corrected chi connectivity index (χ3v) is 2.35. The fraction of sp³-hybridized carbons (Fsp3) is 0.500. The van der Waals surface area contributed by atoms with E-state index in [1.54, 1.807) is 12.1 Å². The number of benzene rings is 1. The fourth-order valence-electron chi connectivity index (χ4n) is 1.64. The van der Waals surface area contributed by atoms with Crippen LogP contribution in [0.15, 0.2) is 23.2 Å². The number of aryl methyl sites for hydroxylation is 1. The van der Waals surface area contributed by atoms with E-state index in [-0.39, 0.29) is 23.8 Å². The van der Waals surface area contributed by atoms with Crippen LogP contribution < -0.4 is 15.8 Å². The van der Waals surface area contributed by atoms with Crippen LogP contribution in [0.3, 0.4) is 0 Å². The zero-order chi connectivity index (χ0) is 15.3. The van der Waals surface area contributed by atoms with Gasteiger partial charge in [-0.3, -0.25) is 0 Å². The smallest absolute Gasteiger partial charge is 0.387 e. The molecule has 0 heterocycles. The van der Waals surface area contributed by atoms with Crippen molar-refractivity contribution in [3.05, 3.63) is 29.3 Å². The maximum Gasteiger partial charge on any atom is 0.387 e. The summed E-state index contributed by atoms with van der Waals surface area (Å²) in [5, 5.41) is 3.00. The van der Waals surface area contributed by atoms with E-state index in [9.17, 15) is 8.78 Å². The van der Waals surface area contributed by atoms with Crippen LogP contribution in [-0.4, -0.2) is 18.1 Å². The second-order valence-corrected chi connectivity index (χ2v) is 5.57. The molecule has 4 nitrogen and oxygen atoms in total. The standard InChI is InChI=1S/C14H21F2N3O/c1-9-5-6-11(20-12(15)16)10(7-9)8-18-13(17)19-14(2,3)4/h5-7,12H,8H2,1-4H3,(H3,17,18,19). The van der Waals surface area contributed by atoms with Gasteiger partial charge in [0.15, 0.2) is 5.96 Å². The second-order valence-electron chi connectivity index (χ2n) is 5.57. The van der Waals surface area contributed by atoms with E-state index in [0.717, 1.165) is 5.56 Å². The summed E-state index contributed by atoms with van der Waals surface area (Å²) in [6.45, 7) is 5.05. The summed E-state index contributed by atoms with van der Waals surface area (Å²) in [4.78, 5) is 4.15. The molecule has 112 valence electrons. The molecule has 0 aliphatic heterocycles. The number of halogens is 2. The number of aliphatic imine (C=N–C) groups is 1. The molecule has 0 unspecified atom stereocenters. The molecule has 1 aromatic rings. The Morgan fingerprint density at radius 3 is 2.60 bits per heavy atom. The Balaban J connectivity index is 2.85. The van der Waals surface area contributed by atoms with Crippen molar-refractivity contribution in [2.45, 2.75) is 46.4 Å². The van der Waals surface area contributed by atoms with Gasteiger partial charge < -0.3 is 15.8 Å². The van der Waals surface area contributed by atoms with Crippen molar-refractivity contribution in [2.24, 2.45) is 10.7 Å². The molecule has 3 N–H and O–H groups in total. The first-order valence-corrected chi connectivity index (χ1v) is 6.30. The molecule has 6 heteroatoms. The van der Waals surface area contributed by atoms with Crippen molar-refractivity contribution in [2.75, 3.05) is 0 Å². The molecule has 0 fully saturated rings. The first kappa shape index (κ1) is 16.2. The maximum atomic E-state index is 12.3. The predicted octanol–water partition coefficient (Wildman–Crippen LogP) is 2.80. The van der Waals surface area contributed by atoms with Crippen LogP contribution in [0.25, 0.3) is 0 Å². The number of nitrogens with zero attached hydrogens (tertiary/aromatic N) is 1. The van der Waals surface area contributed by atoms with Crippen molar-refractivity contribution in [3.8, 4) is 5.75 Å². The highest BCUT2D eigenvalue weighted by Crippen LogP contribution is 2.22. The molecule has 0 aliphatic carbocycles. The SMILES string of the molecule is Cc1ccc(OC(F)F)c(CN=C(N)NC(C)(C)C)c1. The molecule has 0 aromatic heterocycles. The average Bonchev–Trinajstić information content (AvgIpc) is 2.26.